The maximum Gasteiger partial charge on any atom is 0.161 e. The summed E-state index contributed by atoms with van der Waals surface area (Å²) in [5.74, 6) is 2.53. The van der Waals surface area contributed by atoms with Gasteiger partial charge in [0.15, 0.2) is 17.3 Å². The minimum absolute atomic E-state index is 0.438. The van der Waals surface area contributed by atoms with Crippen molar-refractivity contribution in [3.05, 3.63) is 42.1 Å². The zero-order valence-electron chi connectivity index (χ0n) is 14.9. The molecule has 6 heteroatoms. The second kappa shape index (κ2) is 8.67. The maximum absolute atomic E-state index is 5.58. The first kappa shape index (κ1) is 17.5. The Bertz CT molecular complexity index is 666. The summed E-state index contributed by atoms with van der Waals surface area (Å²) < 4.78 is 11.0. The van der Waals surface area contributed by atoms with E-state index in [2.05, 4.69) is 26.5 Å². The maximum atomic E-state index is 5.58. The summed E-state index contributed by atoms with van der Waals surface area (Å²) in [4.78, 5) is 2.30. The van der Waals surface area contributed by atoms with E-state index in [0.717, 1.165) is 43.4 Å². The lowest BCUT2D eigenvalue weighted by molar-refractivity contribution is 0.310. The van der Waals surface area contributed by atoms with Gasteiger partial charge in [0.1, 0.15) is 0 Å². The first-order valence-corrected chi connectivity index (χ1v) is 8.86. The Balaban J connectivity index is 1.58. The van der Waals surface area contributed by atoms with Crippen molar-refractivity contribution in [2.24, 2.45) is 0 Å². The Kier molecular flexibility index (Phi) is 6.06. The molecular weight excluding hydrogens is 316 g/mol. The van der Waals surface area contributed by atoms with E-state index in [1.165, 1.54) is 12.0 Å². The van der Waals surface area contributed by atoms with Gasteiger partial charge in [-0.2, -0.15) is 5.10 Å². The summed E-state index contributed by atoms with van der Waals surface area (Å²) in [6.07, 6.45) is 4.04. The third kappa shape index (κ3) is 4.60. The molecule has 2 heterocycles. The number of benzene rings is 1. The summed E-state index contributed by atoms with van der Waals surface area (Å²) >= 11 is 0. The number of nitrogens with zero attached hydrogens (tertiary/aromatic N) is 3. The van der Waals surface area contributed by atoms with Crippen LogP contribution in [0.4, 0.5) is 5.82 Å². The largest absolute Gasteiger partial charge is 0.493 e. The zero-order valence-corrected chi connectivity index (χ0v) is 14.9. The average Bonchev–Trinajstić information content (AvgIpc) is 2.68. The van der Waals surface area contributed by atoms with Gasteiger partial charge in [-0.25, -0.2) is 0 Å². The fraction of sp³-hybridized carbons (Fsp3) is 0.474. The van der Waals surface area contributed by atoms with Gasteiger partial charge in [0.05, 0.1) is 13.7 Å². The van der Waals surface area contributed by atoms with Crippen molar-refractivity contribution in [1.82, 2.24) is 15.5 Å². The molecule has 1 saturated heterocycles. The molecule has 3 rings (SSSR count). The van der Waals surface area contributed by atoms with E-state index >= 15 is 0 Å². The molecule has 25 heavy (non-hydrogen) atoms. The summed E-state index contributed by atoms with van der Waals surface area (Å²) in [5.41, 5.74) is 1.19. The smallest absolute Gasteiger partial charge is 0.161 e. The van der Waals surface area contributed by atoms with E-state index in [1.807, 2.05) is 31.2 Å². The molecule has 1 unspecified atom stereocenters. The summed E-state index contributed by atoms with van der Waals surface area (Å²) in [6, 6.07) is 10.5. The first-order chi connectivity index (χ1) is 12.3. The lowest BCUT2D eigenvalue weighted by Gasteiger charge is -2.33. The number of ether oxygens (including phenoxy) is 2. The molecule has 0 spiro atoms. The van der Waals surface area contributed by atoms with Crippen LogP contribution in [0.2, 0.25) is 0 Å². The molecule has 0 radical (unpaired) electrons. The Morgan fingerprint density at radius 1 is 1.28 bits per heavy atom. The fourth-order valence-electron chi connectivity index (χ4n) is 3.17. The molecule has 1 atom stereocenters. The molecule has 1 N–H and O–H groups in total. The van der Waals surface area contributed by atoms with Crippen molar-refractivity contribution in [2.45, 2.75) is 32.4 Å². The lowest BCUT2D eigenvalue weighted by atomic mass is 10.1. The van der Waals surface area contributed by atoms with Crippen LogP contribution in [0.1, 0.15) is 25.3 Å². The van der Waals surface area contributed by atoms with Crippen LogP contribution in [0.5, 0.6) is 11.5 Å². The van der Waals surface area contributed by atoms with Crippen molar-refractivity contribution in [1.29, 1.82) is 0 Å². The molecule has 0 amide bonds. The Morgan fingerprint density at radius 3 is 2.96 bits per heavy atom. The molecule has 1 aliphatic heterocycles. The molecule has 1 aromatic carbocycles. The van der Waals surface area contributed by atoms with Gasteiger partial charge >= 0.3 is 0 Å². The predicted octanol–water partition coefficient (Wildman–Crippen LogP) is 2.64. The molecule has 1 aliphatic rings. The minimum Gasteiger partial charge on any atom is -0.493 e. The van der Waals surface area contributed by atoms with Crippen LogP contribution in [-0.2, 0) is 6.54 Å². The van der Waals surface area contributed by atoms with Gasteiger partial charge in [0, 0.05) is 31.9 Å². The van der Waals surface area contributed by atoms with Crippen molar-refractivity contribution < 1.29 is 9.47 Å². The highest BCUT2D eigenvalue weighted by molar-refractivity contribution is 5.43. The third-order valence-electron chi connectivity index (χ3n) is 4.43. The van der Waals surface area contributed by atoms with Crippen molar-refractivity contribution >= 4 is 5.82 Å². The number of hydrogen-bond acceptors (Lipinski definition) is 6. The topological polar surface area (TPSA) is 59.5 Å². The summed E-state index contributed by atoms with van der Waals surface area (Å²) in [6.45, 7) is 5.40. The van der Waals surface area contributed by atoms with Gasteiger partial charge in [-0.05, 0) is 49.6 Å². The summed E-state index contributed by atoms with van der Waals surface area (Å²) in [5, 5.41) is 11.9. The number of hydrogen-bond donors (Lipinski definition) is 1. The standard InChI is InChI=1S/C19H26N4O2/c1-3-25-17-9-8-15(12-18(17)24-2)13-20-16-6-5-11-23(14-16)19-7-4-10-21-22-19/h4,7-10,12,16,20H,3,5-6,11,13-14H2,1-2H3. The third-order valence-corrected chi connectivity index (χ3v) is 4.43. The highest BCUT2D eigenvalue weighted by atomic mass is 16.5. The quantitative estimate of drug-likeness (QED) is 0.835. The molecule has 0 bridgehead atoms. The number of nitrogens with one attached hydrogen (secondary N) is 1. The molecule has 1 aromatic heterocycles. The predicted molar refractivity (Wildman–Crippen MR) is 98.3 cm³/mol. The molecule has 0 aliphatic carbocycles. The van der Waals surface area contributed by atoms with E-state index in [4.69, 9.17) is 9.47 Å². The zero-order chi connectivity index (χ0) is 17.5. The Hall–Kier alpha value is -2.34. The van der Waals surface area contributed by atoms with Gasteiger partial charge in [-0.15, -0.1) is 5.10 Å². The van der Waals surface area contributed by atoms with Crippen LogP contribution < -0.4 is 19.7 Å². The molecule has 1 fully saturated rings. The first-order valence-electron chi connectivity index (χ1n) is 8.86. The fourth-order valence-corrected chi connectivity index (χ4v) is 3.17. The van der Waals surface area contributed by atoms with E-state index in [9.17, 15) is 0 Å². The minimum atomic E-state index is 0.438. The number of piperidine rings is 1. The van der Waals surface area contributed by atoms with Crippen molar-refractivity contribution in [2.75, 3.05) is 31.7 Å². The van der Waals surface area contributed by atoms with Gasteiger partial charge in [-0.1, -0.05) is 6.07 Å². The normalized spacial score (nSPS) is 17.4. The monoisotopic (exact) mass is 342 g/mol. The van der Waals surface area contributed by atoms with E-state index in [0.29, 0.717) is 12.6 Å². The van der Waals surface area contributed by atoms with Crippen LogP contribution >= 0.6 is 0 Å². The van der Waals surface area contributed by atoms with Crippen molar-refractivity contribution in [3.8, 4) is 11.5 Å². The van der Waals surface area contributed by atoms with Gasteiger partial charge in [0.25, 0.3) is 0 Å². The van der Waals surface area contributed by atoms with Crippen LogP contribution in [0.15, 0.2) is 36.5 Å². The lowest BCUT2D eigenvalue weighted by Crippen LogP contribution is -2.45. The Labute approximate surface area is 149 Å². The van der Waals surface area contributed by atoms with Crippen LogP contribution in [0.3, 0.4) is 0 Å². The number of aromatic nitrogens is 2. The SMILES string of the molecule is CCOc1ccc(CNC2CCCN(c3cccnn3)C2)cc1OC. The Morgan fingerprint density at radius 2 is 2.20 bits per heavy atom. The van der Waals surface area contributed by atoms with Crippen LogP contribution in [-0.4, -0.2) is 43.0 Å². The van der Waals surface area contributed by atoms with Crippen LogP contribution in [0.25, 0.3) is 0 Å². The molecule has 6 nitrogen and oxygen atoms in total. The molecule has 0 saturated carbocycles. The summed E-state index contributed by atoms with van der Waals surface area (Å²) in [7, 11) is 1.68. The van der Waals surface area contributed by atoms with E-state index < -0.39 is 0 Å². The number of methoxy groups -OCH3 is 1. The molecule has 134 valence electrons. The van der Waals surface area contributed by atoms with E-state index in [-0.39, 0.29) is 0 Å². The van der Waals surface area contributed by atoms with Crippen LogP contribution in [0, 0.1) is 0 Å². The van der Waals surface area contributed by atoms with E-state index in [1.54, 1.807) is 13.3 Å². The number of anilines is 1. The average molecular weight is 342 g/mol. The number of rotatable bonds is 7. The van der Waals surface area contributed by atoms with Gasteiger partial charge < -0.3 is 19.7 Å². The molecular formula is C19H26N4O2. The van der Waals surface area contributed by atoms with Gasteiger partial charge in [-0.3, -0.25) is 0 Å². The van der Waals surface area contributed by atoms with Crippen molar-refractivity contribution in [3.63, 3.8) is 0 Å². The highest BCUT2D eigenvalue weighted by Gasteiger charge is 2.20. The van der Waals surface area contributed by atoms with Gasteiger partial charge in [0.2, 0.25) is 0 Å². The highest BCUT2D eigenvalue weighted by Crippen LogP contribution is 2.28. The second-order valence-corrected chi connectivity index (χ2v) is 6.17. The second-order valence-electron chi connectivity index (χ2n) is 6.17. The molecule has 2 aromatic rings.